The van der Waals surface area contributed by atoms with Crippen molar-refractivity contribution >= 4 is 28.3 Å². The molecule has 20 heavy (non-hydrogen) atoms. The molecule has 2 aromatic rings. The number of nitrogens with one attached hydrogen (secondary N) is 1. The van der Waals surface area contributed by atoms with Gasteiger partial charge in [0.2, 0.25) is 0 Å². The van der Waals surface area contributed by atoms with E-state index in [4.69, 9.17) is 11.6 Å². The number of aromatic nitrogens is 1. The lowest BCUT2D eigenvalue weighted by Gasteiger charge is -2.25. The molecular weight excluding hydrogens is 272 g/mol. The summed E-state index contributed by atoms with van der Waals surface area (Å²) in [6, 6.07) is 9.97. The minimum atomic E-state index is -0.0835. The Morgan fingerprint density at radius 3 is 2.70 bits per heavy atom. The predicted octanol–water partition coefficient (Wildman–Crippen LogP) is 3.51. The van der Waals surface area contributed by atoms with Crippen LogP contribution in [0.1, 0.15) is 36.2 Å². The molecule has 1 aliphatic carbocycles. The standard InChI is InChI=1S/C16H17ClN2O/c17-12-5-7-13(8-6-12)19-16(20)15-14-4-2-1-3-11(14)9-10-18-15/h1-4,9-10,12-13H,5-8H2,(H,19,20). The van der Waals surface area contributed by atoms with Crippen LogP contribution in [-0.2, 0) is 0 Å². The molecule has 0 spiro atoms. The second-order valence-electron chi connectivity index (χ2n) is 5.30. The molecular formula is C16H17ClN2O. The largest absolute Gasteiger partial charge is 0.348 e. The van der Waals surface area contributed by atoms with Crippen LogP contribution in [0, 0.1) is 0 Å². The number of carbonyl (C=O) groups excluding carboxylic acids is 1. The summed E-state index contributed by atoms with van der Waals surface area (Å²) in [5, 5.41) is 5.29. The zero-order chi connectivity index (χ0) is 13.9. The van der Waals surface area contributed by atoms with E-state index in [1.165, 1.54) is 0 Å². The fraction of sp³-hybridized carbons (Fsp3) is 0.375. The lowest BCUT2D eigenvalue weighted by molar-refractivity contribution is 0.0925. The average Bonchev–Trinajstić information content (AvgIpc) is 2.49. The Kier molecular flexibility index (Phi) is 3.88. The molecule has 3 rings (SSSR count). The van der Waals surface area contributed by atoms with Gasteiger partial charge in [-0.05, 0) is 37.1 Å². The summed E-state index contributed by atoms with van der Waals surface area (Å²) in [5.41, 5.74) is 0.510. The number of nitrogens with zero attached hydrogens (tertiary/aromatic N) is 1. The third-order valence-corrected chi connectivity index (χ3v) is 4.32. The molecule has 1 fully saturated rings. The first-order chi connectivity index (χ1) is 9.74. The van der Waals surface area contributed by atoms with Crippen LogP contribution in [0.4, 0.5) is 0 Å². The van der Waals surface area contributed by atoms with Crippen LogP contribution in [0.3, 0.4) is 0 Å². The monoisotopic (exact) mass is 288 g/mol. The topological polar surface area (TPSA) is 42.0 Å². The van der Waals surface area contributed by atoms with Gasteiger partial charge in [0.05, 0.1) is 0 Å². The Balaban J connectivity index is 1.79. The van der Waals surface area contributed by atoms with Crippen LogP contribution in [0.25, 0.3) is 10.8 Å². The van der Waals surface area contributed by atoms with Gasteiger partial charge in [0.1, 0.15) is 5.69 Å². The zero-order valence-electron chi connectivity index (χ0n) is 11.2. The van der Waals surface area contributed by atoms with Crippen LogP contribution in [0.5, 0.6) is 0 Å². The SMILES string of the molecule is O=C(NC1CCC(Cl)CC1)c1nccc2ccccc12. The van der Waals surface area contributed by atoms with E-state index >= 15 is 0 Å². The number of fused-ring (bicyclic) bond motifs is 1. The molecule has 1 amide bonds. The molecule has 3 nitrogen and oxygen atoms in total. The highest BCUT2D eigenvalue weighted by Gasteiger charge is 2.22. The van der Waals surface area contributed by atoms with E-state index in [1.54, 1.807) is 6.20 Å². The number of hydrogen-bond acceptors (Lipinski definition) is 2. The van der Waals surface area contributed by atoms with Gasteiger partial charge >= 0.3 is 0 Å². The van der Waals surface area contributed by atoms with Crippen LogP contribution >= 0.6 is 11.6 Å². The van der Waals surface area contributed by atoms with Crippen molar-refractivity contribution in [3.63, 3.8) is 0 Å². The highest BCUT2D eigenvalue weighted by molar-refractivity contribution is 6.20. The van der Waals surface area contributed by atoms with Crippen molar-refractivity contribution in [1.29, 1.82) is 0 Å². The van der Waals surface area contributed by atoms with Gasteiger partial charge in [-0.2, -0.15) is 0 Å². The number of pyridine rings is 1. The first kappa shape index (κ1) is 13.4. The summed E-state index contributed by atoms with van der Waals surface area (Å²) < 4.78 is 0. The van der Waals surface area contributed by atoms with E-state index in [0.717, 1.165) is 36.5 Å². The Morgan fingerprint density at radius 1 is 1.15 bits per heavy atom. The molecule has 0 saturated heterocycles. The molecule has 0 unspecified atom stereocenters. The minimum Gasteiger partial charge on any atom is -0.348 e. The van der Waals surface area contributed by atoms with Crippen molar-refractivity contribution in [3.8, 4) is 0 Å². The summed E-state index contributed by atoms with van der Waals surface area (Å²) >= 11 is 6.09. The molecule has 104 valence electrons. The van der Waals surface area contributed by atoms with Crippen molar-refractivity contribution in [2.24, 2.45) is 0 Å². The van der Waals surface area contributed by atoms with E-state index in [-0.39, 0.29) is 17.3 Å². The van der Waals surface area contributed by atoms with Crippen molar-refractivity contribution in [1.82, 2.24) is 10.3 Å². The molecule has 0 radical (unpaired) electrons. The van der Waals surface area contributed by atoms with Gasteiger partial charge in [-0.3, -0.25) is 9.78 Å². The fourth-order valence-electron chi connectivity index (χ4n) is 2.75. The van der Waals surface area contributed by atoms with E-state index in [0.29, 0.717) is 5.69 Å². The Bertz CT molecular complexity index is 615. The molecule has 4 heteroatoms. The van der Waals surface area contributed by atoms with Crippen LogP contribution in [0.2, 0.25) is 0 Å². The van der Waals surface area contributed by atoms with Gasteiger partial charge in [0, 0.05) is 23.0 Å². The quantitative estimate of drug-likeness (QED) is 0.859. The second-order valence-corrected chi connectivity index (χ2v) is 5.92. The highest BCUT2D eigenvalue weighted by Crippen LogP contribution is 2.23. The number of amides is 1. The molecule has 0 bridgehead atoms. The highest BCUT2D eigenvalue weighted by atomic mass is 35.5. The zero-order valence-corrected chi connectivity index (χ0v) is 11.9. The third-order valence-electron chi connectivity index (χ3n) is 3.88. The lowest BCUT2D eigenvalue weighted by atomic mass is 9.95. The molecule has 1 aliphatic rings. The van der Waals surface area contributed by atoms with Crippen LogP contribution in [0.15, 0.2) is 36.5 Å². The maximum Gasteiger partial charge on any atom is 0.270 e. The van der Waals surface area contributed by atoms with E-state index in [9.17, 15) is 4.79 Å². The maximum absolute atomic E-state index is 12.4. The molecule has 1 aromatic heterocycles. The van der Waals surface area contributed by atoms with Crippen LogP contribution in [-0.4, -0.2) is 22.3 Å². The van der Waals surface area contributed by atoms with Gasteiger partial charge in [0.25, 0.3) is 5.91 Å². The van der Waals surface area contributed by atoms with Gasteiger partial charge in [-0.15, -0.1) is 11.6 Å². The van der Waals surface area contributed by atoms with E-state index in [2.05, 4.69) is 10.3 Å². The number of rotatable bonds is 2. The Hall–Kier alpha value is -1.61. The Morgan fingerprint density at radius 2 is 1.90 bits per heavy atom. The number of halogens is 1. The van der Waals surface area contributed by atoms with Crippen LogP contribution < -0.4 is 5.32 Å². The van der Waals surface area contributed by atoms with Crippen molar-refractivity contribution < 1.29 is 4.79 Å². The number of benzene rings is 1. The lowest BCUT2D eigenvalue weighted by Crippen LogP contribution is -2.38. The predicted molar refractivity (Wildman–Crippen MR) is 81.1 cm³/mol. The second kappa shape index (κ2) is 5.80. The Labute approximate surface area is 123 Å². The molecule has 1 heterocycles. The molecule has 1 saturated carbocycles. The minimum absolute atomic E-state index is 0.0835. The summed E-state index contributed by atoms with van der Waals surface area (Å²) in [6.45, 7) is 0. The van der Waals surface area contributed by atoms with Gasteiger partial charge in [-0.1, -0.05) is 24.3 Å². The molecule has 1 aromatic carbocycles. The van der Waals surface area contributed by atoms with E-state index < -0.39 is 0 Å². The van der Waals surface area contributed by atoms with Gasteiger partial charge in [0.15, 0.2) is 0 Å². The van der Waals surface area contributed by atoms with Crippen molar-refractivity contribution in [2.75, 3.05) is 0 Å². The van der Waals surface area contributed by atoms with Gasteiger partial charge < -0.3 is 5.32 Å². The number of alkyl halides is 1. The molecule has 1 N–H and O–H groups in total. The number of carbonyl (C=O) groups is 1. The number of hydrogen-bond donors (Lipinski definition) is 1. The summed E-state index contributed by atoms with van der Waals surface area (Å²) in [7, 11) is 0. The summed E-state index contributed by atoms with van der Waals surface area (Å²) in [4.78, 5) is 16.7. The first-order valence-electron chi connectivity index (χ1n) is 7.03. The fourth-order valence-corrected chi connectivity index (χ4v) is 3.00. The van der Waals surface area contributed by atoms with Gasteiger partial charge in [-0.25, -0.2) is 0 Å². The van der Waals surface area contributed by atoms with E-state index in [1.807, 2.05) is 30.3 Å². The summed E-state index contributed by atoms with van der Waals surface area (Å²) in [5.74, 6) is -0.0835. The maximum atomic E-state index is 12.4. The normalized spacial score (nSPS) is 22.6. The van der Waals surface area contributed by atoms with Crippen molar-refractivity contribution in [3.05, 3.63) is 42.2 Å². The average molecular weight is 289 g/mol. The molecule has 0 aliphatic heterocycles. The first-order valence-corrected chi connectivity index (χ1v) is 7.46. The summed E-state index contributed by atoms with van der Waals surface area (Å²) in [6.07, 6.45) is 5.52. The smallest absolute Gasteiger partial charge is 0.270 e. The molecule has 0 atom stereocenters. The van der Waals surface area contributed by atoms with Crippen molar-refractivity contribution in [2.45, 2.75) is 37.1 Å². The third kappa shape index (κ3) is 2.78.